The summed E-state index contributed by atoms with van der Waals surface area (Å²) >= 11 is 0. The molecule has 0 radical (unpaired) electrons. The van der Waals surface area contributed by atoms with Crippen LogP contribution in [0.4, 0.5) is 0 Å². The van der Waals surface area contributed by atoms with Crippen LogP contribution in [0.25, 0.3) is 0 Å². The Morgan fingerprint density at radius 3 is 2.25 bits per heavy atom. The Morgan fingerprint density at radius 1 is 1.00 bits per heavy atom. The lowest BCUT2D eigenvalue weighted by Crippen LogP contribution is -2.44. The van der Waals surface area contributed by atoms with Crippen molar-refractivity contribution in [1.29, 1.82) is 0 Å². The second kappa shape index (κ2) is 7.47. The molecule has 0 saturated heterocycles. The van der Waals surface area contributed by atoms with E-state index in [0.717, 1.165) is 12.3 Å². The molecule has 0 aromatic rings. The maximum atomic E-state index is 12.7. The van der Waals surface area contributed by atoms with Crippen LogP contribution in [0.2, 0.25) is 0 Å². The van der Waals surface area contributed by atoms with Gasteiger partial charge in [0.15, 0.2) is 0 Å². The van der Waals surface area contributed by atoms with Crippen LogP contribution in [0, 0.1) is 23.7 Å². The average Bonchev–Trinajstić information content (AvgIpc) is 2.66. The van der Waals surface area contributed by atoms with Crippen LogP contribution >= 0.6 is 0 Å². The molecule has 0 unspecified atom stereocenters. The highest BCUT2D eigenvalue weighted by molar-refractivity contribution is 5.79. The quantitative estimate of drug-likeness (QED) is 0.755. The molecule has 0 heterocycles. The topological polar surface area (TPSA) is 29.1 Å². The van der Waals surface area contributed by atoms with E-state index in [1.54, 1.807) is 0 Å². The standard InChI is InChI=1S/C18H33NO/c1-13(2)16-11-10-14(3)12-17(16)18(20)19-15-8-6-4-5-7-9-15/h13-17H,4-12H2,1-3H3,(H,19,20)/t14-,16+,17-/m1/s1. The lowest BCUT2D eigenvalue weighted by atomic mass is 9.69. The molecule has 2 fully saturated rings. The zero-order chi connectivity index (χ0) is 14.5. The molecule has 2 rings (SSSR count). The Hall–Kier alpha value is -0.530. The molecule has 1 amide bonds. The summed E-state index contributed by atoms with van der Waals surface area (Å²) in [7, 11) is 0. The highest BCUT2D eigenvalue weighted by Crippen LogP contribution is 2.38. The SMILES string of the molecule is CC(C)[C@@H]1CC[C@@H](C)C[C@H]1C(=O)NC1CCCCCC1. The first-order chi connectivity index (χ1) is 9.58. The molecule has 0 aromatic heterocycles. The predicted molar refractivity (Wildman–Crippen MR) is 84.5 cm³/mol. The molecule has 1 N–H and O–H groups in total. The smallest absolute Gasteiger partial charge is 0.223 e. The van der Waals surface area contributed by atoms with Crippen molar-refractivity contribution in [3.8, 4) is 0 Å². The van der Waals surface area contributed by atoms with Gasteiger partial charge in [-0.2, -0.15) is 0 Å². The summed E-state index contributed by atoms with van der Waals surface area (Å²) in [5, 5.41) is 3.40. The predicted octanol–water partition coefficient (Wildman–Crippen LogP) is 4.53. The highest BCUT2D eigenvalue weighted by atomic mass is 16.2. The van der Waals surface area contributed by atoms with Gasteiger partial charge in [-0.15, -0.1) is 0 Å². The summed E-state index contributed by atoms with van der Waals surface area (Å²) in [4.78, 5) is 12.7. The molecular weight excluding hydrogens is 246 g/mol. The van der Waals surface area contributed by atoms with Crippen LogP contribution in [-0.2, 0) is 4.79 Å². The lowest BCUT2D eigenvalue weighted by molar-refractivity contribution is -0.130. The van der Waals surface area contributed by atoms with Gasteiger partial charge >= 0.3 is 0 Å². The van der Waals surface area contributed by atoms with Gasteiger partial charge < -0.3 is 5.32 Å². The molecule has 0 aromatic carbocycles. The third-order valence-corrected chi connectivity index (χ3v) is 5.56. The van der Waals surface area contributed by atoms with E-state index in [1.807, 2.05) is 0 Å². The number of amides is 1. The van der Waals surface area contributed by atoms with Gasteiger partial charge in [-0.25, -0.2) is 0 Å². The van der Waals surface area contributed by atoms with Crippen molar-refractivity contribution in [3.05, 3.63) is 0 Å². The number of nitrogens with one attached hydrogen (secondary N) is 1. The van der Waals surface area contributed by atoms with Crippen molar-refractivity contribution in [2.75, 3.05) is 0 Å². The van der Waals surface area contributed by atoms with Crippen molar-refractivity contribution in [2.24, 2.45) is 23.7 Å². The second-order valence-electron chi connectivity index (χ2n) is 7.63. The van der Waals surface area contributed by atoms with Crippen LogP contribution in [0.3, 0.4) is 0 Å². The van der Waals surface area contributed by atoms with E-state index >= 15 is 0 Å². The van der Waals surface area contributed by atoms with Crippen LogP contribution in [0.15, 0.2) is 0 Å². The van der Waals surface area contributed by atoms with Crippen molar-refractivity contribution in [1.82, 2.24) is 5.32 Å². The van der Waals surface area contributed by atoms with Gasteiger partial charge in [-0.05, 0) is 43.4 Å². The molecule has 2 aliphatic rings. The van der Waals surface area contributed by atoms with Crippen LogP contribution in [0.5, 0.6) is 0 Å². The Kier molecular flexibility index (Phi) is 5.92. The summed E-state index contributed by atoms with van der Waals surface area (Å²) < 4.78 is 0. The van der Waals surface area contributed by atoms with Gasteiger partial charge in [0.2, 0.25) is 5.91 Å². The number of rotatable bonds is 3. The third kappa shape index (κ3) is 4.23. The van der Waals surface area contributed by atoms with Crippen molar-refractivity contribution < 1.29 is 4.79 Å². The molecule has 0 bridgehead atoms. The van der Waals surface area contributed by atoms with Crippen molar-refractivity contribution >= 4 is 5.91 Å². The normalized spacial score (nSPS) is 32.9. The number of hydrogen-bond acceptors (Lipinski definition) is 1. The second-order valence-corrected chi connectivity index (χ2v) is 7.63. The maximum Gasteiger partial charge on any atom is 0.223 e. The fraction of sp³-hybridized carbons (Fsp3) is 0.944. The van der Waals surface area contributed by atoms with E-state index in [-0.39, 0.29) is 5.92 Å². The Balaban J connectivity index is 1.93. The summed E-state index contributed by atoms with van der Waals surface area (Å²) in [6.45, 7) is 6.88. The molecule has 2 nitrogen and oxygen atoms in total. The first-order valence-electron chi connectivity index (χ1n) is 8.88. The van der Waals surface area contributed by atoms with Gasteiger partial charge in [0, 0.05) is 12.0 Å². The first-order valence-corrected chi connectivity index (χ1v) is 8.88. The van der Waals surface area contributed by atoms with Gasteiger partial charge in [0.1, 0.15) is 0 Å². The van der Waals surface area contributed by atoms with E-state index < -0.39 is 0 Å². The molecule has 0 aliphatic heterocycles. The van der Waals surface area contributed by atoms with E-state index in [2.05, 4.69) is 26.1 Å². The van der Waals surface area contributed by atoms with Crippen LogP contribution in [-0.4, -0.2) is 11.9 Å². The number of carbonyl (C=O) groups excluding carboxylic acids is 1. The molecular formula is C18H33NO. The fourth-order valence-corrected chi connectivity index (χ4v) is 4.24. The Bertz CT molecular complexity index is 305. The van der Waals surface area contributed by atoms with E-state index in [1.165, 1.54) is 51.4 Å². The van der Waals surface area contributed by atoms with Gasteiger partial charge in [0.25, 0.3) is 0 Å². The van der Waals surface area contributed by atoms with Crippen LogP contribution < -0.4 is 5.32 Å². The molecule has 2 saturated carbocycles. The summed E-state index contributed by atoms with van der Waals surface area (Å²) in [5.41, 5.74) is 0. The third-order valence-electron chi connectivity index (χ3n) is 5.56. The molecule has 116 valence electrons. The van der Waals surface area contributed by atoms with Crippen molar-refractivity contribution in [2.45, 2.75) is 84.6 Å². The van der Waals surface area contributed by atoms with Crippen LogP contribution in [0.1, 0.15) is 78.6 Å². The number of carbonyl (C=O) groups is 1. The highest BCUT2D eigenvalue weighted by Gasteiger charge is 2.35. The maximum absolute atomic E-state index is 12.7. The molecule has 0 spiro atoms. The van der Waals surface area contributed by atoms with Gasteiger partial charge in [-0.1, -0.05) is 52.9 Å². The van der Waals surface area contributed by atoms with Crippen molar-refractivity contribution in [3.63, 3.8) is 0 Å². The summed E-state index contributed by atoms with van der Waals surface area (Å²) in [6.07, 6.45) is 11.3. The fourth-order valence-electron chi connectivity index (χ4n) is 4.24. The zero-order valence-corrected chi connectivity index (χ0v) is 13.7. The summed E-state index contributed by atoms with van der Waals surface area (Å²) in [5.74, 6) is 2.57. The minimum Gasteiger partial charge on any atom is -0.353 e. The first kappa shape index (κ1) is 15.9. The zero-order valence-electron chi connectivity index (χ0n) is 13.7. The average molecular weight is 279 g/mol. The minimum atomic E-state index is 0.266. The summed E-state index contributed by atoms with van der Waals surface area (Å²) in [6, 6.07) is 0.454. The molecule has 2 heteroatoms. The molecule has 20 heavy (non-hydrogen) atoms. The van der Waals surface area contributed by atoms with E-state index in [0.29, 0.717) is 23.8 Å². The lowest BCUT2D eigenvalue weighted by Gasteiger charge is -2.37. The Labute approximate surface area is 125 Å². The van der Waals surface area contributed by atoms with E-state index in [4.69, 9.17) is 0 Å². The molecule has 2 aliphatic carbocycles. The Morgan fingerprint density at radius 2 is 1.65 bits per heavy atom. The number of hydrogen-bond donors (Lipinski definition) is 1. The largest absolute Gasteiger partial charge is 0.353 e. The minimum absolute atomic E-state index is 0.266. The van der Waals surface area contributed by atoms with E-state index in [9.17, 15) is 4.79 Å². The van der Waals surface area contributed by atoms with Gasteiger partial charge in [0.05, 0.1) is 0 Å². The monoisotopic (exact) mass is 279 g/mol. The molecule has 3 atom stereocenters. The van der Waals surface area contributed by atoms with Gasteiger partial charge in [-0.3, -0.25) is 4.79 Å².